The van der Waals surface area contributed by atoms with Crippen LogP contribution in [0.3, 0.4) is 0 Å². The number of benzene rings is 1. The second kappa shape index (κ2) is 3.98. The van der Waals surface area contributed by atoms with Gasteiger partial charge >= 0.3 is 5.97 Å². The average molecular weight is 218 g/mol. The number of nitrogens with one attached hydrogen (secondary N) is 1. The Labute approximate surface area is 93.1 Å². The minimum atomic E-state index is -0.980. The summed E-state index contributed by atoms with van der Waals surface area (Å²) < 4.78 is 0. The summed E-state index contributed by atoms with van der Waals surface area (Å²) in [6.07, 6.45) is 0. The molecular weight excluding hydrogens is 204 g/mol. The van der Waals surface area contributed by atoms with E-state index in [0.717, 1.165) is 16.6 Å². The van der Waals surface area contributed by atoms with Crippen molar-refractivity contribution in [3.63, 3.8) is 0 Å². The molecule has 0 radical (unpaired) electrons. The van der Waals surface area contributed by atoms with Crippen LogP contribution in [0, 0.1) is 0 Å². The summed E-state index contributed by atoms with van der Waals surface area (Å²) in [5.74, 6) is -1.21. The fourth-order valence-electron chi connectivity index (χ4n) is 1.75. The Kier molecular flexibility index (Phi) is 2.66. The Morgan fingerprint density at radius 1 is 1.44 bits per heavy atom. The monoisotopic (exact) mass is 218 g/mol. The van der Waals surface area contributed by atoms with Gasteiger partial charge in [0.2, 0.25) is 0 Å². The van der Waals surface area contributed by atoms with Crippen LogP contribution in [-0.4, -0.2) is 22.1 Å². The molecule has 0 aliphatic carbocycles. The van der Waals surface area contributed by atoms with E-state index < -0.39 is 12.0 Å². The lowest BCUT2D eigenvalue weighted by Crippen LogP contribution is -2.35. The van der Waals surface area contributed by atoms with Crippen molar-refractivity contribution in [1.82, 2.24) is 4.98 Å². The lowest BCUT2D eigenvalue weighted by atomic mass is 9.99. The van der Waals surface area contributed by atoms with Crippen molar-refractivity contribution in [2.75, 3.05) is 0 Å². The number of nitrogens with two attached hydrogens (primary N) is 1. The van der Waals surface area contributed by atoms with E-state index in [1.807, 2.05) is 37.3 Å². The van der Waals surface area contributed by atoms with Crippen LogP contribution in [-0.2, 0) is 4.79 Å². The molecule has 4 N–H and O–H groups in total. The van der Waals surface area contributed by atoms with Crippen molar-refractivity contribution in [2.24, 2.45) is 5.73 Å². The third kappa shape index (κ3) is 1.79. The highest BCUT2D eigenvalue weighted by Crippen LogP contribution is 2.22. The maximum Gasteiger partial charge on any atom is 0.321 e. The minimum absolute atomic E-state index is 0.232. The first-order valence-electron chi connectivity index (χ1n) is 5.15. The Balaban J connectivity index is 2.36. The number of hydrogen-bond acceptors (Lipinski definition) is 2. The highest BCUT2D eigenvalue weighted by Gasteiger charge is 2.22. The van der Waals surface area contributed by atoms with Crippen LogP contribution in [0.5, 0.6) is 0 Å². The molecule has 0 unspecified atom stereocenters. The molecule has 0 fully saturated rings. The summed E-state index contributed by atoms with van der Waals surface area (Å²) in [7, 11) is 0. The number of carbonyl (C=O) groups is 1. The van der Waals surface area contributed by atoms with E-state index in [0.29, 0.717) is 0 Å². The summed E-state index contributed by atoms with van der Waals surface area (Å²) in [5, 5.41) is 9.92. The summed E-state index contributed by atoms with van der Waals surface area (Å²) in [5.41, 5.74) is 7.45. The zero-order valence-electron chi connectivity index (χ0n) is 8.97. The fourth-order valence-corrected chi connectivity index (χ4v) is 1.75. The standard InChI is InChI=1S/C12H14N2O2/c1-7(11(13)12(15)16)10-6-8-4-2-3-5-9(8)14-10/h2-7,11,14H,13H2,1H3,(H,15,16)/t7-,11-/m1/s1. The largest absolute Gasteiger partial charge is 0.480 e. The van der Waals surface area contributed by atoms with E-state index >= 15 is 0 Å². The van der Waals surface area contributed by atoms with E-state index in [4.69, 9.17) is 10.8 Å². The lowest BCUT2D eigenvalue weighted by molar-refractivity contribution is -0.139. The third-order valence-corrected chi connectivity index (χ3v) is 2.87. The van der Waals surface area contributed by atoms with Gasteiger partial charge in [0.15, 0.2) is 0 Å². The van der Waals surface area contributed by atoms with Gasteiger partial charge in [-0.25, -0.2) is 0 Å². The normalized spacial score (nSPS) is 14.9. The molecule has 84 valence electrons. The van der Waals surface area contributed by atoms with Gasteiger partial charge in [0.25, 0.3) is 0 Å². The molecule has 4 nitrogen and oxygen atoms in total. The van der Waals surface area contributed by atoms with Crippen molar-refractivity contribution < 1.29 is 9.90 Å². The molecule has 16 heavy (non-hydrogen) atoms. The minimum Gasteiger partial charge on any atom is -0.480 e. The summed E-state index contributed by atoms with van der Waals surface area (Å²) in [6, 6.07) is 8.88. The maximum atomic E-state index is 10.8. The Morgan fingerprint density at radius 2 is 2.12 bits per heavy atom. The van der Waals surface area contributed by atoms with E-state index in [1.54, 1.807) is 0 Å². The average Bonchev–Trinajstić information content (AvgIpc) is 2.70. The van der Waals surface area contributed by atoms with Gasteiger partial charge < -0.3 is 15.8 Å². The van der Waals surface area contributed by atoms with Gasteiger partial charge in [-0.05, 0) is 17.5 Å². The smallest absolute Gasteiger partial charge is 0.321 e. The van der Waals surface area contributed by atoms with Crippen LogP contribution in [0.25, 0.3) is 10.9 Å². The molecule has 2 atom stereocenters. The summed E-state index contributed by atoms with van der Waals surface area (Å²) in [6.45, 7) is 1.81. The Hall–Kier alpha value is -1.81. The molecule has 2 aromatic rings. The number of carboxylic acids is 1. The molecule has 1 aromatic heterocycles. The number of fused-ring (bicyclic) bond motifs is 1. The van der Waals surface area contributed by atoms with Crippen molar-refractivity contribution in [1.29, 1.82) is 0 Å². The van der Waals surface area contributed by atoms with Crippen LogP contribution >= 0.6 is 0 Å². The third-order valence-electron chi connectivity index (χ3n) is 2.87. The van der Waals surface area contributed by atoms with Crippen molar-refractivity contribution in [3.8, 4) is 0 Å². The molecule has 0 saturated carbocycles. The van der Waals surface area contributed by atoms with E-state index in [9.17, 15) is 4.79 Å². The number of hydrogen-bond donors (Lipinski definition) is 3. The topological polar surface area (TPSA) is 79.1 Å². The van der Waals surface area contributed by atoms with Crippen molar-refractivity contribution in [2.45, 2.75) is 18.9 Å². The molecule has 0 bridgehead atoms. The van der Waals surface area contributed by atoms with Gasteiger partial charge in [0.05, 0.1) is 0 Å². The van der Waals surface area contributed by atoms with Crippen LogP contribution in [0.2, 0.25) is 0 Å². The van der Waals surface area contributed by atoms with Gasteiger partial charge in [-0.1, -0.05) is 25.1 Å². The molecule has 0 amide bonds. The Bertz CT molecular complexity index is 485. The van der Waals surface area contributed by atoms with Crippen LogP contribution in [0.1, 0.15) is 18.5 Å². The molecule has 4 heteroatoms. The van der Waals surface area contributed by atoms with Crippen LogP contribution < -0.4 is 5.73 Å². The van der Waals surface area contributed by atoms with Gasteiger partial charge in [0.1, 0.15) is 6.04 Å². The fraction of sp³-hybridized carbons (Fsp3) is 0.250. The van der Waals surface area contributed by atoms with Gasteiger partial charge in [-0.3, -0.25) is 4.79 Å². The van der Waals surface area contributed by atoms with Crippen LogP contribution in [0.4, 0.5) is 0 Å². The molecule has 0 saturated heterocycles. The SMILES string of the molecule is C[C@H](c1cc2ccccc2[nH]1)[C@@H](N)C(=O)O. The number of aromatic amines is 1. The number of H-pyrrole nitrogens is 1. The predicted molar refractivity (Wildman–Crippen MR) is 62.3 cm³/mol. The second-order valence-corrected chi connectivity index (χ2v) is 3.96. The molecule has 0 aliphatic rings. The molecule has 1 heterocycles. The van der Waals surface area contributed by atoms with Gasteiger partial charge in [0, 0.05) is 17.1 Å². The summed E-state index contributed by atoms with van der Waals surface area (Å²) >= 11 is 0. The van der Waals surface area contributed by atoms with Crippen molar-refractivity contribution >= 4 is 16.9 Å². The highest BCUT2D eigenvalue weighted by atomic mass is 16.4. The number of carboxylic acid groups (broad SMARTS) is 1. The highest BCUT2D eigenvalue weighted by molar-refractivity contribution is 5.81. The lowest BCUT2D eigenvalue weighted by Gasteiger charge is -2.13. The number of aromatic nitrogens is 1. The van der Waals surface area contributed by atoms with Gasteiger partial charge in [-0.2, -0.15) is 0 Å². The maximum absolute atomic E-state index is 10.8. The first kappa shape index (κ1) is 10.7. The molecule has 0 spiro atoms. The number of rotatable bonds is 3. The van der Waals surface area contributed by atoms with Crippen molar-refractivity contribution in [3.05, 3.63) is 36.0 Å². The quantitative estimate of drug-likeness (QED) is 0.733. The van der Waals surface area contributed by atoms with E-state index in [2.05, 4.69) is 4.98 Å². The second-order valence-electron chi connectivity index (χ2n) is 3.96. The van der Waals surface area contributed by atoms with E-state index in [1.165, 1.54) is 0 Å². The number of aliphatic carboxylic acids is 1. The van der Waals surface area contributed by atoms with Gasteiger partial charge in [-0.15, -0.1) is 0 Å². The molecule has 1 aromatic carbocycles. The summed E-state index contributed by atoms with van der Waals surface area (Å²) in [4.78, 5) is 14.0. The van der Waals surface area contributed by atoms with E-state index in [-0.39, 0.29) is 5.92 Å². The predicted octanol–water partition coefficient (Wildman–Crippen LogP) is 1.68. The molecule has 0 aliphatic heterocycles. The Morgan fingerprint density at radius 3 is 2.75 bits per heavy atom. The first-order chi connectivity index (χ1) is 7.59. The zero-order valence-corrected chi connectivity index (χ0v) is 8.97. The van der Waals surface area contributed by atoms with Crippen LogP contribution in [0.15, 0.2) is 30.3 Å². The molecule has 2 rings (SSSR count). The first-order valence-corrected chi connectivity index (χ1v) is 5.15. The number of para-hydroxylation sites is 1. The zero-order chi connectivity index (χ0) is 11.7. The molecular formula is C12H14N2O2.